The van der Waals surface area contributed by atoms with E-state index in [0.717, 1.165) is 36.3 Å². The molecule has 0 bridgehead atoms. The summed E-state index contributed by atoms with van der Waals surface area (Å²) in [5.41, 5.74) is 3.72. The summed E-state index contributed by atoms with van der Waals surface area (Å²) in [7, 11) is 3.40. The van der Waals surface area contributed by atoms with Gasteiger partial charge in [0.05, 0.1) is 18.5 Å². The van der Waals surface area contributed by atoms with Gasteiger partial charge in [-0.15, -0.1) is 0 Å². The van der Waals surface area contributed by atoms with Crippen LogP contribution in [0.1, 0.15) is 46.9 Å². The zero-order valence-electron chi connectivity index (χ0n) is 20.8. The molecular weight excluding hydrogens is 470 g/mol. The highest BCUT2D eigenvalue weighted by Crippen LogP contribution is 2.39. The predicted octanol–water partition coefficient (Wildman–Crippen LogP) is 4.88. The quantitative estimate of drug-likeness (QED) is 0.336. The van der Waals surface area contributed by atoms with Crippen LogP contribution in [0, 0.1) is 0 Å². The van der Waals surface area contributed by atoms with Crippen LogP contribution < -0.4 is 15.4 Å². The number of ether oxygens (including phenoxy) is 1. The molecule has 2 aromatic carbocycles. The topological polar surface area (TPSA) is 110 Å². The number of phenols is 1. The van der Waals surface area contributed by atoms with Gasteiger partial charge in [-0.2, -0.15) is 9.78 Å². The second-order valence-electron chi connectivity index (χ2n) is 9.19. The van der Waals surface area contributed by atoms with E-state index in [1.807, 2.05) is 30.3 Å². The maximum absolute atomic E-state index is 13.1. The van der Waals surface area contributed by atoms with Crippen LogP contribution in [0.2, 0.25) is 0 Å². The van der Waals surface area contributed by atoms with Crippen LogP contribution >= 0.6 is 0 Å². The number of benzene rings is 2. The Bertz CT molecular complexity index is 1430. The van der Waals surface area contributed by atoms with Gasteiger partial charge in [0, 0.05) is 43.0 Å². The predicted molar refractivity (Wildman–Crippen MR) is 140 cm³/mol. The van der Waals surface area contributed by atoms with Gasteiger partial charge >= 0.3 is 6.03 Å². The molecule has 0 saturated heterocycles. The van der Waals surface area contributed by atoms with Crippen molar-refractivity contribution >= 4 is 17.6 Å². The fraction of sp³-hybridized carbons (Fsp3) is 0.250. The molecule has 0 atom stereocenters. The lowest BCUT2D eigenvalue weighted by molar-refractivity contribution is 0.101. The fourth-order valence-corrected chi connectivity index (χ4v) is 4.40. The number of carbonyl (C=O) groups is 2. The van der Waals surface area contributed by atoms with Crippen molar-refractivity contribution in [3.8, 4) is 22.8 Å². The maximum Gasteiger partial charge on any atom is 0.342 e. The summed E-state index contributed by atoms with van der Waals surface area (Å²) in [6.07, 6.45) is 4.89. The van der Waals surface area contributed by atoms with Crippen molar-refractivity contribution in [3.63, 3.8) is 0 Å². The van der Waals surface area contributed by atoms with E-state index in [1.54, 1.807) is 49.2 Å². The van der Waals surface area contributed by atoms with Gasteiger partial charge in [-0.25, -0.2) is 4.79 Å². The Morgan fingerprint density at radius 1 is 1.11 bits per heavy atom. The van der Waals surface area contributed by atoms with Crippen LogP contribution in [0.4, 0.5) is 10.5 Å². The third-order valence-corrected chi connectivity index (χ3v) is 6.76. The summed E-state index contributed by atoms with van der Waals surface area (Å²) in [6.45, 7) is 0.350. The number of nitrogens with zero attached hydrogens (tertiary/aromatic N) is 3. The first-order valence-corrected chi connectivity index (χ1v) is 12.2. The monoisotopic (exact) mass is 499 g/mol. The molecule has 1 saturated carbocycles. The first kappa shape index (κ1) is 24.2. The second kappa shape index (κ2) is 10.2. The summed E-state index contributed by atoms with van der Waals surface area (Å²) < 4.78 is 8.31. The highest BCUT2D eigenvalue weighted by Gasteiger charge is 2.27. The molecule has 0 spiro atoms. The maximum atomic E-state index is 13.1. The molecule has 1 aliphatic rings. The number of hydrogen-bond donors (Lipinski definition) is 3. The Morgan fingerprint density at radius 2 is 1.89 bits per heavy atom. The number of rotatable bonds is 7. The van der Waals surface area contributed by atoms with Crippen molar-refractivity contribution in [2.24, 2.45) is 7.05 Å². The Labute approximate surface area is 214 Å². The molecule has 2 amide bonds. The Balaban J connectivity index is 1.35. The van der Waals surface area contributed by atoms with Gasteiger partial charge in [-0.3, -0.25) is 4.79 Å². The first-order chi connectivity index (χ1) is 17.9. The number of carbonyl (C=O) groups excluding carboxylic acids is 2. The van der Waals surface area contributed by atoms with Gasteiger partial charge in [0.2, 0.25) is 0 Å². The summed E-state index contributed by atoms with van der Waals surface area (Å²) in [5.74, 6) is 0.696. The van der Waals surface area contributed by atoms with Gasteiger partial charge in [0.1, 0.15) is 17.2 Å². The van der Waals surface area contributed by atoms with Gasteiger partial charge in [0.25, 0.3) is 5.91 Å². The van der Waals surface area contributed by atoms with E-state index in [-0.39, 0.29) is 23.6 Å². The van der Waals surface area contributed by atoms with E-state index >= 15 is 0 Å². The van der Waals surface area contributed by atoms with Crippen molar-refractivity contribution in [1.82, 2.24) is 19.7 Å². The summed E-state index contributed by atoms with van der Waals surface area (Å²) in [6, 6.07) is 17.4. The number of hydrogen-bond acceptors (Lipinski definition) is 5. The summed E-state index contributed by atoms with van der Waals surface area (Å²) in [4.78, 5) is 25.6. The second-order valence-corrected chi connectivity index (χ2v) is 9.19. The molecule has 9 heteroatoms. The molecule has 0 aliphatic heterocycles. The van der Waals surface area contributed by atoms with Crippen molar-refractivity contribution in [2.45, 2.75) is 31.7 Å². The van der Waals surface area contributed by atoms with E-state index in [1.165, 1.54) is 10.7 Å². The van der Waals surface area contributed by atoms with E-state index < -0.39 is 0 Å². The number of anilines is 1. The molecule has 4 aromatic rings. The SMILES string of the molecule is COc1ccc(CNC(=O)n2nc(-c3ccc(NC(=O)c4cccn4C)cc3O)cc2C2CCC2)cc1. The Hall–Kier alpha value is -4.53. The summed E-state index contributed by atoms with van der Waals surface area (Å²) in [5, 5.41) is 21.1. The smallest absolute Gasteiger partial charge is 0.342 e. The molecule has 5 rings (SSSR count). The van der Waals surface area contributed by atoms with Gasteiger partial charge in [0.15, 0.2) is 0 Å². The standard InChI is InChI=1S/C28H29N5O4/c1-32-14-4-7-24(32)27(35)30-20-10-13-22(26(34)15-20)23-16-25(19-5-3-6-19)33(31-23)28(36)29-17-18-8-11-21(37-2)12-9-18/h4,7-16,19,34H,3,5-6,17H2,1-2H3,(H,29,36)(H,30,35). The molecule has 0 radical (unpaired) electrons. The minimum absolute atomic E-state index is 0.0341. The van der Waals surface area contributed by atoms with Crippen LogP contribution in [0.3, 0.4) is 0 Å². The van der Waals surface area contributed by atoms with Crippen molar-refractivity contribution in [3.05, 3.63) is 83.8 Å². The molecule has 3 N–H and O–H groups in total. The Morgan fingerprint density at radius 3 is 2.51 bits per heavy atom. The number of aromatic hydroxyl groups is 1. The first-order valence-electron chi connectivity index (χ1n) is 12.2. The molecular formula is C28H29N5O4. The zero-order chi connectivity index (χ0) is 25.9. The van der Waals surface area contributed by atoms with Crippen molar-refractivity contribution < 1.29 is 19.4 Å². The third-order valence-electron chi connectivity index (χ3n) is 6.76. The van der Waals surface area contributed by atoms with Crippen LogP contribution in [0.15, 0.2) is 66.9 Å². The molecule has 1 aliphatic carbocycles. The third kappa shape index (κ3) is 5.06. The molecule has 190 valence electrons. The number of phenolic OH excluding ortho intramolecular Hbond substituents is 1. The van der Waals surface area contributed by atoms with E-state index in [0.29, 0.717) is 29.2 Å². The van der Waals surface area contributed by atoms with Gasteiger partial charge in [-0.1, -0.05) is 18.6 Å². The van der Waals surface area contributed by atoms with Crippen molar-refractivity contribution in [2.75, 3.05) is 12.4 Å². The molecule has 9 nitrogen and oxygen atoms in total. The largest absolute Gasteiger partial charge is 0.507 e. The Kier molecular flexibility index (Phi) is 6.68. The number of nitrogens with one attached hydrogen (secondary N) is 2. The average Bonchev–Trinajstić information content (AvgIpc) is 3.48. The van der Waals surface area contributed by atoms with E-state index in [9.17, 15) is 14.7 Å². The van der Waals surface area contributed by atoms with E-state index in [2.05, 4.69) is 15.7 Å². The molecule has 0 unspecified atom stereocenters. The molecule has 1 fully saturated rings. The lowest BCUT2D eigenvalue weighted by Crippen LogP contribution is -2.31. The minimum Gasteiger partial charge on any atom is -0.507 e. The molecule has 37 heavy (non-hydrogen) atoms. The van der Waals surface area contributed by atoms with E-state index in [4.69, 9.17) is 4.74 Å². The van der Waals surface area contributed by atoms with Crippen LogP contribution in [-0.4, -0.2) is 38.5 Å². The highest BCUT2D eigenvalue weighted by atomic mass is 16.5. The van der Waals surface area contributed by atoms with Gasteiger partial charge < -0.3 is 25.0 Å². The number of aromatic nitrogens is 3. The van der Waals surface area contributed by atoms with Crippen molar-refractivity contribution in [1.29, 1.82) is 0 Å². The molecule has 2 heterocycles. The number of aryl methyl sites for hydroxylation is 1. The molecule has 2 aromatic heterocycles. The average molecular weight is 500 g/mol. The van der Waals surface area contributed by atoms with Crippen LogP contribution in [0.25, 0.3) is 11.3 Å². The minimum atomic E-state index is -0.324. The van der Waals surface area contributed by atoms with Crippen LogP contribution in [-0.2, 0) is 13.6 Å². The number of methoxy groups -OCH3 is 1. The zero-order valence-corrected chi connectivity index (χ0v) is 20.8. The summed E-state index contributed by atoms with van der Waals surface area (Å²) >= 11 is 0. The van der Waals surface area contributed by atoms with Crippen LogP contribution in [0.5, 0.6) is 11.5 Å². The lowest BCUT2D eigenvalue weighted by atomic mass is 9.82. The fourth-order valence-electron chi connectivity index (χ4n) is 4.40. The highest BCUT2D eigenvalue weighted by molar-refractivity contribution is 6.03. The normalized spacial score (nSPS) is 13.1. The number of amides is 2. The van der Waals surface area contributed by atoms with Gasteiger partial charge in [-0.05, 0) is 60.9 Å². The lowest BCUT2D eigenvalue weighted by Gasteiger charge is -2.25.